The lowest BCUT2D eigenvalue weighted by molar-refractivity contribution is -0.166. The Bertz CT molecular complexity index is 1290. The van der Waals surface area contributed by atoms with E-state index >= 15 is 0 Å². The van der Waals surface area contributed by atoms with Gasteiger partial charge >= 0.3 is 12.1 Å². The molecule has 3 heterocycles. The van der Waals surface area contributed by atoms with Crippen molar-refractivity contribution >= 4 is 40.5 Å². The standard InChI is InChI=1S/C24H30N6O7/c1-24(2,3)37-23(35)28-11-9-14(10-12-28)22(34)36-13-29-18(31)8-7-17(20(29)32)30-21(33)19-15(25)5-4-6-16(19)26-27-30/h4-6,14,17H,7-13,25H2,1-3H3. The first kappa shape index (κ1) is 26.0. The predicted octanol–water partition coefficient (Wildman–Crippen LogP) is 1.21. The number of nitrogens with two attached hydrogens (primary N) is 1. The van der Waals surface area contributed by atoms with E-state index in [4.69, 9.17) is 15.2 Å². The zero-order valence-electron chi connectivity index (χ0n) is 21.0. The monoisotopic (exact) mass is 514 g/mol. The maximum atomic E-state index is 13.1. The second-order valence-corrected chi connectivity index (χ2v) is 10.1. The summed E-state index contributed by atoms with van der Waals surface area (Å²) in [5.41, 5.74) is 5.22. The number of aromatic nitrogens is 3. The Labute approximate surface area is 212 Å². The Balaban J connectivity index is 1.38. The summed E-state index contributed by atoms with van der Waals surface area (Å²) >= 11 is 0. The molecule has 3 amide bonds. The highest BCUT2D eigenvalue weighted by Crippen LogP contribution is 2.25. The van der Waals surface area contributed by atoms with Crippen molar-refractivity contribution in [2.75, 3.05) is 25.6 Å². The fraction of sp³-hybridized carbons (Fsp3) is 0.542. The first-order valence-corrected chi connectivity index (χ1v) is 12.1. The number of amides is 3. The number of fused-ring (bicyclic) bond motifs is 1. The van der Waals surface area contributed by atoms with E-state index in [1.807, 2.05) is 0 Å². The summed E-state index contributed by atoms with van der Waals surface area (Å²) in [5.74, 6) is -2.28. The SMILES string of the molecule is CC(C)(C)OC(=O)N1CCC(C(=O)OCN2C(=O)CCC(n3nnc4cccc(N)c4c3=O)C2=O)CC1. The molecule has 37 heavy (non-hydrogen) atoms. The van der Waals surface area contributed by atoms with Crippen LogP contribution in [0.1, 0.15) is 52.5 Å². The zero-order valence-corrected chi connectivity index (χ0v) is 21.0. The van der Waals surface area contributed by atoms with Crippen LogP contribution in [0.2, 0.25) is 0 Å². The number of nitrogens with zero attached hydrogens (tertiary/aromatic N) is 5. The van der Waals surface area contributed by atoms with Crippen molar-refractivity contribution < 1.29 is 28.7 Å². The average molecular weight is 515 g/mol. The molecular weight excluding hydrogens is 484 g/mol. The Morgan fingerprint density at radius 3 is 2.49 bits per heavy atom. The van der Waals surface area contributed by atoms with Gasteiger partial charge in [0, 0.05) is 25.2 Å². The summed E-state index contributed by atoms with van der Waals surface area (Å²) in [6, 6.07) is 3.68. The van der Waals surface area contributed by atoms with E-state index < -0.39 is 53.7 Å². The maximum absolute atomic E-state index is 13.1. The summed E-state index contributed by atoms with van der Waals surface area (Å²) in [5, 5.41) is 8.00. The van der Waals surface area contributed by atoms with Gasteiger partial charge in [0.2, 0.25) is 5.91 Å². The number of likely N-dealkylation sites (tertiary alicyclic amines) is 2. The minimum atomic E-state index is -1.09. The number of piperidine rings is 2. The molecule has 2 aliphatic rings. The number of nitrogen functional groups attached to an aromatic ring is 1. The van der Waals surface area contributed by atoms with Crippen LogP contribution in [-0.2, 0) is 23.9 Å². The molecular formula is C24H30N6O7. The second-order valence-electron chi connectivity index (χ2n) is 10.1. The molecule has 2 aromatic rings. The number of imide groups is 1. The smallest absolute Gasteiger partial charge is 0.410 e. The molecule has 2 fully saturated rings. The van der Waals surface area contributed by atoms with Crippen LogP contribution in [0.4, 0.5) is 10.5 Å². The van der Waals surface area contributed by atoms with Crippen LogP contribution in [0.15, 0.2) is 23.0 Å². The van der Waals surface area contributed by atoms with Crippen molar-refractivity contribution in [1.29, 1.82) is 0 Å². The van der Waals surface area contributed by atoms with Crippen LogP contribution in [0.25, 0.3) is 10.9 Å². The van der Waals surface area contributed by atoms with Crippen LogP contribution in [0.5, 0.6) is 0 Å². The van der Waals surface area contributed by atoms with Crippen LogP contribution >= 0.6 is 0 Å². The van der Waals surface area contributed by atoms with Crippen molar-refractivity contribution in [1.82, 2.24) is 24.8 Å². The number of benzene rings is 1. The van der Waals surface area contributed by atoms with Gasteiger partial charge in [0.05, 0.1) is 11.3 Å². The topological polar surface area (TPSA) is 167 Å². The Morgan fingerprint density at radius 2 is 1.81 bits per heavy atom. The third-order valence-corrected chi connectivity index (χ3v) is 6.34. The van der Waals surface area contributed by atoms with Gasteiger partial charge in [-0.25, -0.2) is 9.69 Å². The number of rotatable bonds is 4. The number of esters is 1. The Kier molecular flexibility index (Phi) is 7.14. The van der Waals surface area contributed by atoms with Gasteiger partial charge in [-0.15, -0.1) is 5.10 Å². The molecule has 1 unspecified atom stereocenters. The molecule has 2 aliphatic heterocycles. The first-order chi connectivity index (χ1) is 17.5. The molecule has 0 saturated carbocycles. The lowest BCUT2D eigenvalue weighted by Crippen LogP contribution is -2.50. The molecule has 2 N–H and O–H groups in total. The molecule has 1 aromatic heterocycles. The fourth-order valence-corrected chi connectivity index (χ4v) is 4.38. The first-order valence-electron chi connectivity index (χ1n) is 12.1. The molecule has 13 nitrogen and oxygen atoms in total. The second kappa shape index (κ2) is 10.1. The van der Waals surface area contributed by atoms with Gasteiger partial charge in [0.25, 0.3) is 11.5 Å². The summed E-state index contributed by atoms with van der Waals surface area (Å²) in [4.78, 5) is 65.8. The van der Waals surface area contributed by atoms with Gasteiger partial charge in [-0.3, -0.25) is 19.2 Å². The number of carbonyl (C=O) groups is 4. The summed E-state index contributed by atoms with van der Waals surface area (Å²) < 4.78 is 11.6. The highest BCUT2D eigenvalue weighted by Gasteiger charge is 2.38. The van der Waals surface area contributed by atoms with E-state index in [0.717, 1.165) is 9.58 Å². The lowest BCUT2D eigenvalue weighted by atomic mass is 9.97. The van der Waals surface area contributed by atoms with Crippen LogP contribution in [0.3, 0.4) is 0 Å². The minimum absolute atomic E-state index is 0.0430. The molecule has 0 spiro atoms. The number of hydrogen-bond donors (Lipinski definition) is 1. The van der Waals surface area contributed by atoms with Gasteiger partial charge in [-0.2, -0.15) is 4.68 Å². The van der Waals surface area contributed by atoms with Gasteiger partial charge in [-0.05, 0) is 52.2 Å². The van der Waals surface area contributed by atoms with Crippen molar-refractivity contribution in [3.05, 3.63) is 28.6 Å². The van der Waals surface area contributed by atoms with E-state index in [9.17, 15) is 24.0 Å². The number of carbonyl (C=O) groups excluding carboxylic acids is 4. The quantitative estimate of drug-likeness (QED) is 0.356. The number of hydrogen-bond acceptors (Lipinski definition) is 10. The highest BCUT2D eigenvalue weighted by molar-refractivity contribution is 5.99. The predicted molar refractivity (Wildman–Crippen MR) is 130 cm³/mol. The molecule has 13 heteroatoms. The van der Waals surface area contributed by atoms with Crippen LogP contribution in [0, 0.1) is 5.92 Å². The molecule has 198 valence electrons. The van der Waals surface area contributed by atoms with Gasteiger partial charge < -0.3 is 20.1 Å². The molecule has 0 bridgehead atoms. The largest absolute Gasteiger partial charge is 0.444 e. The third-order valence-electron chi connectivity index (χ3n) is 6.34. The van der Waals surface area contributed by atoms with Crippen molar-refractivity contribution in [3.63, 3.8) is 0 Å². The Hall–Kier alpha value is -4.03. The molecule has 1 aromatic carbocycles. The van der Waals surface area contributed by atoms with Gasteiger partial charge in [0.15, 0.2) is 6.73 Å². The zero-order chi connectivity index (χ0) is 26.9. The molecule has 4 rings (SSSR count). The van der Waals surface area contributed by atoms with Crippen LogP contribution < -0.4 is 11.3 Å². The average Bonchev–Trinajstić information content (AvgIpc) is 2.84. The van der Waals surface area contributed by atoms with E-state index in [1.54, 1.807) is 39.0 Å². The van der Waals surface area contributed by atoms with E-state index in [-0.39, 0.29) is 23.9 Å². The number of anilines is 1. The highest BCUT2D eigenvalue weighted by atomic mass is 16.6. The van der Waals surface area contributed by atoms with Crippen LogP contribution in [-0.4, -0.2) is 74.1 Å². The molecule has 2 saturated heterocycles. The third kappa shape index (κ3) is 5.54. The van der Waals surface area contributed by atoms with E-state index in [2.05, 4.69) is 10.3 Å². The summed E-state index contributed by atoms with van der Waals surface area (Å²) in [6.07, 6.45) is 0.304. The molecule has 0 radical (unpaired) electrons. The van der Waals surface area contributed by atoms with Crippen molar-refractivity contribution in [3.8, 4) is 0 Å². The summed E-state index contributed by atoms with van der Waals surface area (Å²) in [7, 11) is 0. The van der Waals surface area contributed by atoms with Gasteiger partial charge in [0.1, 0.15) is 17.2 Å². The Morgan fingerprint density at radius 1 is 1.11 bits per heavy atom. The fourth-order valence-electron chi connectivity index (χ4n) is 4.38. The normalized spacial score (nSPS) is 19.3. The van der Waals surface area contributed by atoms with Gasteiger partial charge in [-0.1, -0.05) is 11.3 Å². The van der Waals surface area contributed by atoms with Crippen molar-refractivity contribution in [2.45, 2.75) is 58.1 Å². The number of ether oxygens (including phenoxy) is 2. The molecule has 1 atom stereocenters. The van der Waals surface area contributed by atoms with E-state index in [1.165, 1.54) is 4.90 Å². The summed E-state index contributed by atoms with van der Waals surface area (Å²) in [6.45, 7) is 5.41. The maximum Gasteiger partial charge on any atom is 0.410 e. The van der Waals surface area contributed by atoms with E-state index in [0.29, 0.717) is 31.4 Å². The minimum Gasteiger partial charge on any atom is -0.444 e. The van der Waals surface area contributed by atoms with Crippen molar-refractivity contribution in [2.24, 2.45) is 5.92 Å². The lowest BCUT2D eigenvalue weighted by Gasteiger charge is -2.33. The molecule has 0 aliphatic carbocycles.